The quantitative estimate of drug-likeness (QED) is 0.261. The Kier molecular flexibility index (Phi) is 5.31. The Morgan fingerprint density at radius 1 is 0.824 bits per heavy atom. The molecule has 1 aromatic heterocycles. The molecule has 0 saturated carbocycles. The number of fused-ring (bicyclic) bond motifs is 4. The minimum absolute atomic E-state index is 0.0634. The molecular formula is C31H37GeNSi. The maximum atomic E-state index is 5.08. The molecule has 0 bridgehead atoms. The molecule has 1 aliphatic heterocycles. The molecule has 0 aliphatic carbocycles. The molecule has 0 radical (unpaired) electrons. The summed E-state index contributed by atoms with van der Waals surface area (Å²) in [6.45, 7) is 14.4. The Labute approximate surface area is 209 Å². The summed E-state index contributed by atoms with van der Waals surface area (Å²) in [6, 6.07) is 20.7. The molecule has 1 nitrogen and oxygen atoms in total. The van der Waals surface area contributed by atoms with Crippen molar-refractivity contribution in [1.82, 2.24) is 4.98 Å². The van der Waals surface area contributed by atoms with Gasteiger partial charge in [-0.2, -0.15) is 0 Å². The van der Waals surface area contributed by atoms with E-state index >= 15 is 0 Å². The molecule has 0 N–H and O–H groups in total. The van der Waals surface area contributed by atoms with Gasteiger partial charge in [0.15, 0.2) is 0 Å². The SMILES string of the molecule is Cc1[c]([Ge]([CH3])([CH3])[CH3])ccc2c1[Si](C)(C)c1c-2ccnc1-c1cc(C(C)(C)C)c2ccccc2c1. The van der Waals surface area contributed by atoms with Crippen LogP contribution in [0.1, 0.15) is 31.9 Å². The maximum absolute atomic E-state index is 5.08. The van der Waals surface area contributed by atoms with E-state index in [0.29, 0.717) is 0 Å². The zero-order valence-corrected chi connectivity index (χ0v) is 25.3. The fraction of sp³-hybridized carbons (Fsp3) is 0.323. The van der Waals surface area contributed by atoms with Gasteiger partial charge in [0.2, 0.25) is 0 Å². The minimum atomic E-state index is -1.96. The summed E-state index contributed by atoms with van der Waals surface area (Å²) >= 11 is -1.96. The molecule has 174 valence electrons. The van der Waals surface area contributed by atoms with E-state index in [1.165, 1.54) is 43.9 Å². The molecule has 2 heterocycles. The summed E-state index contributed by atoms with van der Waals surface area (Å²) in [7, 11) is -1.93. The second kappa shape index (κ2) is 7.66. The molecule has 3 heteroatoms. The van der Waals surface area contributed by atoms with Crippen molar-refractivity contribution in [3.8, 4) is 22.4 Å². The summed E-state index contributed by atoms with van der Waals surface area (Å²) in [5, 5.41) is 5.82. The molecule has 0 atom stereocenters. The Morgan fingerprint density at radius 3 is 2.18 bits per heavy atom. The second-order valence-corrected chi connectivity index (χ2v) is 27.4. The van der Waals surface area contributed by atoms with E-state index in [4.69, 9.17) is 4.98 Å². The number of rotatable bonds is 2. The van der Waals surface area contributed by atoms with E-state index in [0.717, 1.165) is 0 Å². The van der Waals surface area contributed by atoms with Crippen molar-refractivity contribution in [2.75, 3.05) is 0 Å². The predicted octanol–water partition coefficient (Wildman–Crippen LogP) is 6.86. The average Bonchev–Trinajstić information content (AvgIpc) is 2.99. The van der Waals surface area contributed by atoms with Gasteiger partial charge in [-0.3, -0.25) is 0 Å². The number of hydrogen-bond donors (Lipinski definition) is 0. The number of aromatic nitrogens is 1. The van der Waals surface area contributed by atoms with Gasteiger partial charge in [-0.25, -0.2) is 0 Å². The fourth-order valence-corrected chi connectivity index (χ4v) is 14.3. The fourth-order valence-electron chi connectivity index (χ4n) is 6.28. The van der Waals surface area contributed by atoms with E-state index in [-0.39, 0.29) is 5.41 Å². The van der Waals surface area contributed by atoms with Crippen LogP contribution in [0.3, 0.4) is 0 Å². The number of hydrogen-bond acceptors (Lipinski definition) is 1. The predicted molar refractivity (Wildman–Crippen MR) is 156 cm³/mol. The van der Waals surface area contributed by atoms with E-state index in [9.17, 15) is 0 Å². The van der Waals surface area contributed by atoms with Crippen LogP contribution in [0.5, 0.6) is 0 Å². The zero-order valence-electron chi connectivity index (χ0n) is 22.2. The van der Waals surface area contributed by atoms with Crippen LogP contribution in [-0.4, -0.2) is 26.3 Å². The molecule has 0 spiro atoms. The molecule has 0 unspecified atom stereocenters. The van der Waals surface area contributed by atoms with Crippen LogP contribution >= 0.6 is 0 Å². The van der Waals surface area contributed by atoms with Crippen LogP contribution in [0.2, 0.25) is 30.4 Å². The van der Waals surface area contributed by atoms with Gasteiger partial charge in [0.25, 0.3) is 0 Å². The van der Waals surface area contributed by atoms with Crippen molar-refractivity contribution in [3.05, 3.63) is 71.9 Å². The zero-order chi connectivity index (χ0) is 24.6. The van der Waals surface area contributed by atoms with Crippen LogP contribution < -0.4 is 14.8 Å². The first kappa shape index (κ1) is 23.6. The third kappa shape index (κ3) is 3.53. The Bertz CT molecular complexity index is 1450. The molecule has 0 amide bonds. The van der Waals surface area contributed by atoms with Gasteiger partial charge in [0, 0.05) is 0 Å². The summed E-state index contributed by atoms with van der Waals surface area (Å²) in [6.07, 6.45) is 2.03. The van der Waals surface area contributed by atoms with Crippen molar-refractivity contribution in [2.24, 2.45) is 0 Å². The Balaban J connectivity index is 1.81. The number of nitrogens with zero attached hydrogens (tertiary/aromatic N) is 1. The number of pyridine rings is 1. The normalized spacial score (nSPS) is 14.9. The van der Waals surface area contributed by atoms with E-state index in [1.54, 1.807) is 15.1 Å². The van der Waals surface area contributed by atoms with Crippen LogP contribution in [0.4, 0.5) is 0 Å². The molecule has 34 heavy (non-hydrogen) atoms. The Hall–Kier alpha value is -2.17. The monoisotopic (exact) mass is 525 g/mol. The summed E-state index contributed by atoms with van der Waals surface area (Å²) in [4.78, 5) is 5.08. The topological polar surface area (TPSA) is 12.9 Å². The van der Waals surface area contributed by atoms with Gasteiger partial charge < -0.3 is 0 Å². The molecule has 4 aromatic rings. The van der Waals surface area contributed by atoms with Gasteiger partial charge in [-0.15, -0.1) is 0 Å². The van der Waals surface area contributed by atoms with Gasteiger partial charge in [-0.1, -0.05) is 0 Å². The number of benzene rings is 3. The van der Waals surface area contributed by atoms with E-state index in [1.807, 2.05) is 6.20 Å². The molecule has 0 saturated heterocycles. The molecule has 1 aliphatic rings. The van der Waals surface area contributed by atoms with Crippen molar-refractivity contribution >= 4 is 46.9 Å². The molecular weight excluding hydrogens is 487 g/mol. The first-order valence-electron chi connectivity index (χ1n) is 12.5. The third-order valence-electron chi connectivity index (χ3n) is 7.71. The van der Waals surface area contributed by atoms with Crippen LogP contribution in [0.15, 0.2) is 60.8 Å². The second-order valence-electron chi connectivity index (χ2n) is 12.6. The summed E-state index contributed by atoms with van der Waals surface area (Å²) in [5.41, 5.74) is 8.36. The van der Waals surface area contributed by atoms with Gasteiger partial charge in [0.05, 0.1) is 0 Å². The first-order valence-corrected chi connectivity index (χ1v) is 22.8. The molecule has 0 fully saturated rings. The van der Waals surface area contributed by atoms with Gasteiger partial charge >= 0.3 is 210 Å². The third-order valence-corrected chi connectivity index (χ3v) is 15.9. The van der Waals surface area contributed by atoms with E-state index in [2.05, 4.69) is 113 Å². The van der Waals surface area contributed by atoms with Crippen LogP contribution in [0, 0.1) is 6.92 Å². The summed E-state index contributed by atoms with van der Waals surface area (Å²) < 4.78 is 1.65. The van der Waals surface area contributed by atoms with Crippen molar-refractivity contribution < 1.29 is 0 Å². The molecule has 5 rings (SSSR count). The van der Waals surface area contributed by atoms with Crippen LogP contribution in [0.25, 0.3) is 33.2 Å². The Morgan fingerprint density at radius 2 is 1.50 bits per heavy atom. The molecule has 3 aromatic carbocycles. The van der Waals surface area contributed by atoms with Crippen molar-refractivity contribution in [1.29, 1.82) is 0 Å². The standard InChI is InChI=1S/C31H37GeNSi/c1-20-27(32(5,6)7)15-14-24-25-16-17-33-28(30(25)34(8,9)29(20)24)22-18-21-12-10-11-13-23(21)26(19-22)31(2,3)4/h10-19H,1-9H3. The average molecular weight is 524 g/mol. The first-order chi connectivity index (χ1) is 15.8. The summed E-state index contributed by atoms with van der Waals surface area (Å²) in [5.74, 6) is 7.55. The van der Waals surface area contributed by atoms with E-state index < -0.39 is 21.3 Å². The van der Waals surface area contributed by atoms with Crippen molar-refractivity contribution in [2.45, 2.75) is 63.5 Å². The van der Waals surface area contributed by atoms with Crippen LogP contribution in [-0.2, 0) is 5.41 Å². The van der Waals surface area contributed by atoms with Crippen molar-refractivity contribution in [3.63, 3.8) is 0 Å². The van der Waals surface area contributed by atoms with Gasteiger partial charge in [0.1, 0.15) is 0 Å². The van der Waals surface area contributed by atoms with Gasteiger partial charge in [-0.05, 0) is 0 Å².